The number of rotatable bonds is 5. The minimum atomic E-state index is 0.0474. The predicted octanol–water partition coefficient (Wildman–Crippen LogP) is 2.48. The fourth-order valence-electron chi connectivity index (χ4n) is 2.59. The summed E-state index contributed by atoms with van der Waals surface area (Å²) in [6.45, 7) is 3.58. The van der Waals surface area contributed by atoms with Gasteiger partial charge in [-0.05, 0) is 37.4 Å². The minimum absolute atomic E-state index is 0.0474. The Morgan fingerprint density at radius 1 is 1.55 bits per heavy atom. The molecule has 1 aliphatic heterocycles. The highest BCUT2D eigenvalue weighted by Crippen LogP contribution is 2.21. The number of nitrogens with two attached hydrogens (primary N) is 1. The Balaban J connectivity index is 1.93. The molecule has 1 fully saturated rings. The highest BCUT2D eigenvalue weighted by molar-refractivity contribution is 6.31. The van der Waals surface area contributed by atoms with Crippen LogP contribution in [-0.2, 0) is 11.3 Å². The Morgan fingerprint density at radius 2 is 2.35 bits per heavy atom. The third kappa shape index (κ3) is 4.20. The standard InChI is InChI=1S/C15H22ClN3O/c1-19(8-11-3-2-6-20-10-11)9-13-5-4-12(15(17)18)7-14(13)16/h4-5,7,11H,2-3,6,8-10H2,1H3,(H3,17,18). The van der Waals surface area contributed by atoms with Gasteiger partial charge in [0.05, 0.1) is 6.61 Å². The fourth-order valence-corrected chi connectivity index (χ4v) is 2.83. The van der Waals surface area contributed by atoms with Gasteiger partial charge < -0.3 is 15.4 Å². The summed E-state index contributed by atoms with van der Waals surface area (Å²) in [6, 6.07) is 5.56. The molecule has 0 bridgehead atoms. The van der Waals surface area contributed by atoms with Crippen molar-refractivity contribution in [1.82, 2.24) is 4.90 Å². The lowest BCUT2D eigenvalue weighted by atomic mass is 10.0. The second-order valence-corrected chi connectivity index (χ2v) is 5.91. The van der Waals surface area contributed by atoms with Gasteiger partial charge in [-0.1, -0.05) is 23.7 Å². The molecule has 3 N–H and O–H groups in total. The van der Waals surface area contributed by atoms with E-state index in [1.807, 2.05) is 12.1 Å². The number of hydrogen-bond donors (Lipinski definition) is 2. The van der Waals surface area contributed by atoms with Crippen LogP contribution in [-0.4, -0.2) is 37.5 Å². The van der Waals surface area contributed by atoms with Gasteiger partial charge >= 0.3 is 0 Å². The Hall–Kier alpha value is -1.10. The molecule has 0 amide bonds. The normalized spacial score (nSPS) is 19.2. The van der Waals surface area contributed by atoms with Gasteiger partial charge in [-0.15, -0.1) is 0 Å². The molecule has 1 aliphatic rings. The summed E-state index contributed by atoms with van der Waals surface area (Å²) in [5.41, 5.74) is 7.19. The number of benzene rings is 1. The van der Waals surface area contributed by atoms with Crippen LogP contribution in [0.4, 0.5) is 0 Å². The second kappa shape index (κ2) is 7.07. The third-order valence-corrected chi connectivity index (χ3v) is 3.98. The van der Waals surface area contributed by atoms with Crippen molar-refractivity contribution in [3.8, 4) is 0 Å². The number of halogens is 1. The molecule has 1 unspecified atom stereocenters. The molecule has 4 nitrogen and oxygen atoms in total. The first kappa shape index (κ1) is 15.3. The smallest absolute Gasteiger partial charge is 0.122 e. The van der Waals surface area contributed by atoms with Crippen LogP contribution in [0.5, 0.6) is 0 Å². The van der Waals surface area contributed by atoms with Crippen molar-refractivity contribution in [2.24, 2.45) is 11.7 Å². The first-order valence-corrected chi connectivity index (χ1v) is 7.33. The molecule has 0 aromatic heterocycles. The SMILES string of the molecule is CN(Cc1ccc(C(=N)N)cc1Cl)CC1CCCOC1. The summed E-state index contributed by atoms with van der Waals surface area (Å²) in [4.78, 5) is 2.27. The van der Waals surface area contributed by atoms with E-state index in [2.05, 4.69) is 11.9 Å². The van der Waals surface area contributed by atoms with Crippen LogP contribution in [0.25, 0.3) is 0 Å². The fraction of sp³-hybridized carbons (Fsp3) is 0.533. The van der Waals surface area contributed by atoms with Crippen molar-refractivity contribution in [2.75, 3.05) is 26.8 Å². The summed E-state index contributed by atoms with van der Waals surface area (Å²) < 4.78 is 5.51. The zero-order valence-corrected chi connectivity index (χ0v) is 12.6. The van der Waals surface area contributed by atoms with Gasteiger partial charge in [0.25, 0.3) is 0 Å². The molecule has 0 aliphatic carbocycles. The van der Waals surface area contributed by atoms with Gasteiger partial charge in [0.1, 0.15) is 5.84 Å². The Morgan fingerprint density at radius 3 is 2.95 bits per heavy atom. The topological polar surface area (TPSA) is 62.3 Å². The molecular weight excluding hydrogens is 274 g/mol. The van der Waals surface area contributed by atoms with Gasteiger partial charge in [0, 0.05) is 30.3 Å². The molecule has 1 atom stereocenters. The molecule has 1 heterocycles. The van der Waals surface area contributed by atoms with E-state index in [4.69, 9.17) is 27.5 Å². The van der Waals surface area contributed by atoms with E-state index in [1.165, 1.54) is 6.42 Å². The largest absolute Gasteiger partial charge is 0.384 e. The van der Waals surface area contributed by atoms with Crippen LogP contribution in [0.3, 0.4) is 0 Å². The lowest BCUT2D eigenvalue weighted by Gasteiger charge is -2.27. The second-order valence-electron chi connectivity index (χ2n) is 5.50. The number of ether oxygens (including phenoxy) is 1. The van der Waals surface area contributed by atoms with Gasteiger partial charge in [0.15, 0.2) is 0 Å². The number of nitrogens with one attached hydrogen (secondary N) is 1. The summed E-state index contributed by atoms with van der Waals surface area (Å²) in [6.07, 6.45) is 2.40. The van der Waals surface area contributed by atoms with E-state index in [0.717, 1.165) is 38.3 Å². The zero-order valence-electron chi connectivity index (χ0n) is 11.9. The van der Waals surface area contributed by atoms with Gasteiger partial charge in [-0.3, -0.25) is 5.41 Å². The quantitative estimate of drug-likeness (QED) is 0.648. The third-order valence-electron chi connectivity index (χ3n) is 3.63. The molecule has 0 radical (unpaired) electrons. The summed E-state index contributed by atoms with van der Waals surface area (Å²) in [5, 5.41) is 8.08. The molecule has 1 aromatic rings. The Labute approximate surface area is 125 Å². The minimum Gasteiger partial charge on any atom is -0.384 e. The molecule has 0 saturated carbocycles. The van der Waals surface area contributed by atoms with Crippen LogP contribution in [0.1, 0.15) is 24.0 Å². The number of hydrogen-bond acceptors (Lipinski definition) is 3. The maximum Gasteiger partial charge on any atom is 0.122 e. The maximum absolute atomic E-state index is 7.41. The van der Waals surface area contributed by atoms with Crippen LogP contribution in [0, 0.1) is 11.3 Å². The summed E-state index contributed by atoms with van der Waals surface area (Å²) >= 11 is 6.26. The van der Waals surface area contributed by atoms with Crippen molar-refractivity contribution in [1.29, 1.82) is 5.41 Å². The average Bonchev–Trinajstić information content (AvgIpc) is 2.42. The molecule has 0 spiro atoms. The van der Waals surface area contributed by atoms with Crippen molar-refractivity contribution >= 4 is 17.4 Å². The van der Waals surface area contributed by atoms with Crippen LogP contribution in [0.15, 0.2) is 18.2 Å². The molecule has 5 heteroatoms. The summed E-state index contributed by atoms with van der Waals surface area (Å²) in [5.74, 6) is 0.662. The highest BCUT2D eigenvalue weighted by Gasteiger charge is 2.16. The van der Waals surface area contributed by atoms with E-state index >= 15 is 0 Å². The monoisotopic (exact) mass is 295 g/mol. The highest BCUT2D eigenvalue weighted by atomic mass is 35.5. The van der Waals surface area contributed by atoms with Gasteiger partial charge in [-0.2, -0.15) is 0 Å². The number of nitrogens with zero attached hydrogens (tertiary/aromatic N) is 1. The average molecular weight is 296 g/mol. The van der Waals surface area contributed by atoms with E-state index in [0.29, 0.717) is 16.5 Å². The lowest BCUT2D eigenvalue weighted by Crippen LogP contribution is -2.30. The predicted molar refractivity (Wildman–Crippen MR) is 82.3 cm³/mol. The molecule has 1 saturated heterocycles. The molecule has 110 valence electrons. The van der Waals surface area contributed by atoms with Crippen LogP contribution in [0.2, 0.25) is 5.02 Å². The van der Waals surface area contributed by atoms with Crippen molar-refractivity contribution in [3.63, 3.8) is 0 Å². The maximum atomic E-state index is 7.41. The summed E-state index contributed by atoms with van der Waals surface area (Å²) in [7, 11) is 2.10. The van der Waals surface area contributed by atoms with E-state index in [9.17, 15) is 0 Å². The Kier molecular flexibility index (Phi) is 5.40. The Bertz CT molecular complexity index is 472. The van der Waals surface area contributed by atoms with Crippen molar-refractivity contribution in [3.05, 3.63) is 34.3 Å². The molecule has 20 heavy (non-hydrogen) atoms. The van der Waals surface area contributed by atoms with E-state index in [1.54, 1.807) is 6.07 Å². The van der Waals surface area contributed by atoms with Crippen LogP contribution >= 0.6 is 11.6 Å². The first-order chi connectivity index (χ1) is 9.56. The molecule has 2 rings (SSSR count). The van der Waals surface area contributed by atoms with Gasteiger partial charge in [0.2, 0.25) is 0 Å². The molecular formula is C15H22ClN3O. The van der Waals surface area contributed by atoms with E-state index in [-0.39, 0.29) is 5.84 Å². The molecule has 1 aromatic carbocycles. The van der Waals surface area contributed by atoms with Crippen LogP contribution < -0.4 is 5.73 Å². The first-order valence-electron chi connectivity index (χ1n) is 6.95. The van der Waals surface area contributed by atoms with E-state index < -0.39 is 0 Å². The lowest BCUT2D eigenvalue weighted by molar-refractivity contribution is 0.0411. The number of nitrogen functional groups attached to an aromatic ring is 1. The number of amidine groups is 1. The van der Waals surface area contributed by atoms with Gasteiger partial charge in [-0.25, -0.2) is 0 Å². The zero-order chi connectivity index (χ0) is 14.5. The van der Waals surface area contributed by atoms with Crippen molar-refractivity contribution < 1.29 is 4.74 Å². The van der Waals surface area contributed by atoms with Crippen molar-refractivity contribution in [2.45, 2.75) is 19.4 Å².